The third-order valence-electron chi connectivity index (χ3n) is 3.99. The zero-order chi connectivity index (χ0) is 19.3. The number of hydrogen-bond acceptors (Lipinski definition) is 6. The molecule has 2 aromatic carbocycles. The van der Waals surface area contributed by atoms with Gasteiger partial charge in [-0.3, -0.25) is 0 Å². The number of halogens is 1. The molecule has 0 fully saturated rings. The van der Waals surface area contributed by atoms with Crippen LogP contribution >= 0.6 is 11.8 Å². The van der Waals surface area contributed by atoms with Crippen LogP contribution in [0.3, 0.4) is 0 Å². The summed E-state index contributed by atoms with van der Waals surface area (Å²) >= 11 is 1.48. The molecule has 0 aliphatic rings. The van der Waals surface area contributed by atoms with E-state index in [0.717, 1.165) is 11.3 Å². The Bertz CT molecular complexity index is 1030. The van der Waals surface area contributed by atoms with E-state index in [9.17, 15) is 4.39 Å². The molecule has 0 amide bonds. The fraction of sp³-hybridized carbons (Fsp3) is 0.105. The third kappa shape index (κ3) is 4.15. The Kier molecular flexibility index (Phi) is 5.24. The Balaban J connectivity index is 1.34. The second-order valence-electron chi connectivity index (χ2n) is 5.92. The van der Waals surface area contributed by atoms with Crippen molar-refractivity contribution in [1.82, 2.24) is 24.7 Å². The first-order chi connectivity index (χ1) is 13.7. The van der Waals surface area contributed by atoms with Crippen molar-refractivity contribution in [3.8, 4) is 11.4 Å². The second kappa shape index (κ2) is 8.13. The fourth-order valence-electron chi connectivity index (χ4n) is 2.50. The van der Waals surface area contributed by atoms with Crippen molar-refractivity contribution in [1.29, 1.82) is 0 Å². The Hall–Kier alpha value is -3.33. The van der Waals surface area contributed by atoms with E-state index in [1.807, 2.05) is 36.5 Å². The van der Waals surface area contributed by atoms with Gasteiger partial charge in [-0.25, -0.2) is 13.7 Å². The van der Waals surface area contributed by atoms with E-state index in [0.29, 0.717) is 22.5 Å². The van der Waals surface area contributed by atoms with Crippen LogP contribution in [0.4, 0.5) is 4.39 Å². The summed E-state index contributed by atoms with van der Waals surface area (Å²) in [6.45, 7) is 0.147. The molecule has 2 heterocycles. The molecule has 28 heavy (non-hydrogen) atoms. The quantitative estimate of drug-likeness (QED) is 0.382. The molecular formula is C19H17FN6OS. The summed E-state index contributed by atoms with van der Waals surface area (Å²) in [5, 5.41) is 13.0. The average molecular weight is 396 g/mol. The van der Waals surface area contributed by atoms with Gasteiger partial charge >= 0.3 is 0 Å². The third-order valence-corrected chi connectivity index (χ3v) is 5.00. The topological polar surface area (TPSA) is 83.8 Å². The van der Waals surface area contributed by atoms with Crippen LogP contribution in [0.5, 0.6) is 5.75 Å². The average Bonchev–Trinajstić information content (AvgIpc) is 3.37. The number of hydrogen-bond donors (Lipinski definition) is 1. The van der Waals surface area contributed by atoms with Crippen LogP contribution in [0.1, 0.15) is 11.4 Å². The lowest BCUT2D eigenvalue weighted by Gasteiger charge is -2.07. The SMILES string of the molecule is Nn1c(COc2ccc(F)cc2)nnc1SCc1ccc(-n2cccn2)cc1. The second-order valence-corrected chi connectivity index (χ2v) is 6.86. The van der Waals surface area contributed by atoms with Gasteiger partial charge in [-0.1, -0.05) is 23.9 Å². The van der Waals surface area contributed by atoms with Crippen LogP contribution in [-0.4, -0.2) is 24.7 Å². The van der Waals surface area contributed by atoms with E-state index in [4.69, 9.17) is 10.6 Å². The molecule has 2 N–H and O–H groups in total. The van der Waals surface area contributed by atoms with E-state index in [1.54, 1.807) is 23.0 Å². The Labute approximate surface area is 164 Å². The maximum Gasteiger partial charge on any atom is 0.210 e. The van der Waals surface area contributed by atoms with Gasteiger partial charge in [0, 0.05) is 18.1 Å². The molecule has 0 spiro atoms. The highest BCUT2D eigenvalue weighted by Gasteiger charge is 2.11. The number of benzene rings is 2. The molecule has 0 atom stereocenters. The van der Waals surface area contributed by atoms with E-state index in [1.165, 1.54) is 28.6 Å². The van der Waals surface area contributed by atoms with Crippen molar-refractivity contribution >= 4 is 11.8 Å². The van der Waals surface area contributed by atoms with Crippen molar-refractivity contribution in [3.63, 3.8) is 0 Å². The number of nitrogens with zero attached hydrogens (tertiary/aromatic N) is 5. The number of thioether (sulfide) groups is 1. The molecule has 0 aliphatic carbocycles. The van der Waals surface area contributed by atoms with Crippen LogP contribution in [0, 0.1) is 5.82 Å². The van der Waals surface area contributed by atoms with Crippen LogP contribution < -0.4 is 10.6 Å². The lowest BCUT2D eigenvalue weighted by Crippen LogP contribution is -2.15. The van der Waals surface area contributed by atoms with Gasteiger partial charge in [0.05, 0.1) is 5.69 Å². The molecule has 0 unspecified atom stereocenters. The molecular weight excluding hydrogens is 379 g/mol. The summed E-state index contributed by atoms with van der Waals surface area (Å²) in [4.78, 5) is 0. The van der Waals surface area contributed by atoms with Gasteiger partial charge in [0.1, 0.15) is 18.2 Å². The van der Waals surface area contributed by atoms with Gasteiger partial charge in [0.2, 0.25) is 5.16 Å². The smallest absolute Gasteiger partial charge is 0.210 e. The molecule has 142 valence electrons. The van der Waals surface area contributed by atoms with Gasteiger partial charge in [0.15, 0.2) is 5.82 Å². The van der Waals surface area contributed by atoms with E-state index >= 15 is 0 Å². The number of nitrogens with two attached hydrogens (primary N) is 1. The van der Waals surface area contributed by atoms with Gasteiger partial charge in [-0.05, 0) is 48.0 Å². The number of rotatable bonds is 7. The van der Waals surface area contributed by atoms with Crippen LogP contribution in [0.25, 0.3) is 5.69 Å². The minimum Gasteiger partial charge on any atom is -0.486 e. The summed E-state index contributed by atoms with van der Waals surface area (Å²) in [5.41, 5.74) is 2.13. The summed E-state index contributed by atoms with van der Waals surface area (Å²) in [7, 11) is 0. The van der Waals surface area contributed by atoms with E-state index in [-0.39, 0.29) is 12.4 Å². The molecule has 0 saturated carbocycles. The zero-order valence-electron chi connectivity index (χ0n) is 14.8. The largest absolute Gasteiger partial charge is 0.486 e. The van der Waals surface area contributed by atoms with Gasteiger partial charge < -0.3 is 10.6 Å². The van der Waals surface area contributed by atoms with Gasteiger partial charge in [-0.15, -0.1) is 10.2 Å². The maximum absolute atomic E-state index is 12.9. The lowest BCUT2D eigenvalue weighted by molar-refractivity contribution is 0.291. The molecule has 4 rings (SSSR count). The van der Waals surface area contributed by atoms with E-state index < -0.39 is 0 Å². The van der Waals surface area contributed by atoms with Crippen LogP contribution in [0.2, 0.25) is 0 Å². The normalized spacial score (nSPS) is 10.9. The molecule has 0 saturated heterocycles. The number of aromatic nitrogens is 5. The van der Waals surface area contributed by atoms with Crippen molar-refractivity contribution in [2.24, 2.45) is 0 Å². The predicted molar refractivity (Wildman–Crippen MR) is 104 cm³/mol. The Morgan fingerprint density at radius 3 is 2.54 bits per heavy atom. The predicted octanol–water partition coefficient (Wildman–Crippen LogP) is 3.19. The molecule has 7 nitrogen and oxygen atoms in total. The van der Waals surface area contributed by atoms with Gasteiger partial charge in [0.25, 0.3) is 0 Å². The molecule has 9 heteroatoms. The highest BCUT2D eigenvalue weighted by atomic mass is 32.2. The molecule has 0 bridgehead atoms. The first-order valence-electron chi connectivity index (χ1n) is 8.48. The zero-order valence-corrected chi connectivity index (χ0v) is 15.6. The number of ether oxygens (including phenoxy) is 1. The first kappa shape index (κ1) is 18.1. The maximum atomic E-state index is 12.9. The minimum atomic E-state index is -0.314. The van der Waals surface area contributed by atoms with Crippen molar-refractivity contribution < 1.29 is 9.13 Å². The fourth-order valence-corrected chi connectivity index (χ4v) is 3.33. The highest BCUT2D eigenvalue weighted by Crippen LogP contribution is 2.22. The van der Waals surface area contributed by atoms with Crippen molar-refractivity contribution in [2.75, 3.05) is 5.84 Å². The highest BCUT2D eigenvalue weighted by molar-refractivity contribution is 7.98. The summed E-state index contributed by atoms with van der Waals surface area (Å²) < 4.78 is 21.7. The van der Waals surface area contributed by atoms with Crippen molar-refractivity contribution in [3.05, 3.63) is 84.2 Å². The summed E-state index contributed by atoms with van der Waals surface area (Å²) in [6.07, 6.45) is 3.64. The summed E-state index contributed by atoms with van der Waals surface area (Å²) in [5.74, 6) is 7.48. The standard InChI is InChI=1S/C19H17FN6OS/c20-15-4-8-17(9-5-15)27-12-18-23-24-19(26(18)21)28-13-14-2-6-16(7-3-14)25-11-1-10-22-25/h1-11H,12-13,21H2. The molecule has 0 aliphatic heterocycles. The Morgan fingerprint density at radius 1 is 1.04 bits per heavy atom. The molecule has 2 aromatic heterocycles. The number of nitrogen functional groups attached to an aromatic ring is 1. The van der Waals surface area contributed by atoms with Crippen LogP contribution in [-0.2, 0) is 12.4 Å². The minimum absolute atomic E-state index is 0.147. The van der Waals surface area contributed by atoms with Gasteiger partial charge in [-0.2, -0.15) is 5.10 Å². The van der Waals surface area contributed by atoms with Crippen molar-refractivity contribution in [2.45, 2.75) is 17.5 Å². The van der Waals surface area contributed by atoms with E-state index in [2.05, 4.69) is 15.3 Å². The Morgan fingerprint density at radius 2 is 1.82 bits per heavy atom. The monoisotopic (exact) mass is 396 g/mol. The molecule has 4 aromatic rings. The first-order valence-corrected chi connectivity index (χ1v) is 9.47. The van der Waals surface area contributed by atoms with Crippen LogP contribution in [0.15, 0.2) is 72.1 Å². The molecule has 0 radical (unpaired) electrons. The summed E-state index contributed by atoms with van der Waals surface area (Å²) in [6, 6.07) is 15.8. The lowest BCUT2D eigenvalue weighted by atomic mass is 10.2.